The quantitative estimate of drug-likeness (QED) is 0.0704. The summed E-state index contributed by atoms with van der Waals surface area (Å²) < 4.78 is 32.0. The van der Waals surface area contributed by atoms with Gasteiger partial charge in [-0.15, -0.1) is 0 Å². The van der Waals surface area contributed by atoms with Gasteiger partial charge in [0.05, 0.1) is 15.3 Å². The van der Waals surface area contributed by atoms with Gasteiger partial charge < -0.3 is 10.2 Å². The predicted octanol–water partition coefficient (Wildman–Crippen LogP) is 8.17. The second-order valence-corrected chi connectivity index (χ2v) is 17.1. The van der Waals surface area contributed by atoms with Gasteiger partial charge in [-0.3, -0.25) is 19.7 Å². The van der Waals surface area contributed by atoms with Crippen molar-refractivity contribution in [1.29, 1.82) is 0 Å². The maximum absolute atomic E-state index is 13.6. The van der Waals surface area contributed by atoms with Gasteiger partial charge in [-0.05, 0) is 89.7 Å². The van der Waals surface area contributed by atoms with Crippen molar-refractivity contribution in [1.82, 2.24) is 19.2 Å². The van der Waals surface area contributed by atoms with Crippen LogP contribution in [-0.2, 0) is 16.6 Å². The number of hydrogen-bond acceptors (Lipinski definition) is 11. The summed E-state index contributed by atoms with van der Waals surface area (Å²) in [6.45, 7) is 5.69. The molecule has 56 heavy (non-hydrogen) atoms. The largest absolute Gasteiger partial charge is 0.375 e. The summed E-state index contributed by atoms with van der Waals surface area (Å²) in [6, 6.07) is 36.0. The molecule has 0 saturated carbocycles. The maximum Gasteiger partial charge on any atom is 0.293 e. The first-order valence-electron chi connectivity index (χ1n) is 18.3. The van der Waals surface area contributed by atoms with Crippen LogP contribution in [0.3, 0.4) is 0 Å². The van der Waals surface area contributed by atoms with E-state index in [0.717, 1.165) is 67.9 Å². The Kier molecular flexibility index (Phi) is 11.1. The summed E-state index contributed by atoms with van der Waals surface area (Å²) in [5.74, 6) is 0.0949. The number of nitrogens with zero attached hydrogens (tertiary/aromatic N) is 6. The average molecular weight is 807 g/mol. The minimum atomic E-state index is -4.24. The Bertz CT molecular complexity index is 2470. The zero-order valence-corrected chi connectivity index (χ0v) is 32.7. The standard InChI is InChI=1S/C41H39ClN8O4S2/c42-31-12-10-29(11-13-31)36-9-5-4-6-30(36)26-47-20-22-48(23-21-47)33-14-16-37-39(24-33)43-28-44-41(37)46-56(53,54)35-15-17-38(40(25-35)50(51)52)45-32-18-19-49(27-32)55-34-7-2-1-3-8-34/h1-17,24-25,28,32,45H,18-23,26-27H2,(H,43,44,46). The van der Waals surface area contributed by atoms with Crippen LogP contribution >= 0.6 is 23.5 Å². The normalized spacial score (nSPS) is 16.6. The number of halogens is 1. The molecule has 0 bridgehead atoms. The van der Waals surface area contributed by atoms with Gasteiger partial charge in [0.1, 0.15) is 12.0 Å². The summed E-state index contributed by atoms with van der Waals surface area (Å²) in [6.07, 6.45) is 2.11. The third-order valence-electron chi connectivity index (χ3n) is 10.1. The van der Waals surface area contributed by atoms with E-state index in [2.05, 4.69) is 70.5 Å². The van der Waals surface area contributed by atoms with Gasteiger partial charge in [0.25, 0.3) is 15.7 Å². The van der Waals surface area contributed by atoms with E-state index in [4.69, 9.17) is 11.6 Å². The molecule has 1 atom stereocenters. The lowest BCUT2D eigenvalue weighted by molar-refractivity contribution is -0.384. The van der Waals surface area contributed by atoms with Gasteiger partial charge in [-0.2, -0.15) is 0 Å². The molecule has 0 radical (unpaired) electrons. The number of rotatable bonds is 12. The second kappa shape index (κ2) is 16.5. The number of nitro groups is 1. The van der Waals surface area contributed by atoms with E-state index in [1.165, 1.54) is 29.6 Å². The molecule has 12 nitrogen and oxygen atoms in total. The summed E-state index contributed by atoms with van der Waals surface area (Å²) in [4.78, 5) is 25.9. The average Bonchev–Trinajstić information content (AvgIpc) is 3.65. The molecular formula is C41H39ClN8O4S2. The van der Waals surface area contributed by atoms with Crippen LogP contribution in [0.1, 0.15) is 12.0 Å². The van der Waals surface area contributed by atoms with Gasteiger partial charge in [0.15, 0.2) is 5.82 Å². The highest BCUT2D eigenvalue weighted by atomic mass is 35.5. The monoisotopic (exact) mass is 806 g/mol. The van der Waals surface area contributed by atoms with Crippen molar-refractivity contribution >= 4 is 67.4 Å². The summed E-state index contributed by atoms with van der Waals surface area (Å²) in [7, 11) is -4.24. The fourth-order valence-corrected chi connectivity index (χ4v) is 9.42. The Labute approximate surface area is 334 Å². The van der Waals surface area contributed by atoms with Crippen molar-refractivity contribution < 1.29 is 13.3 Å². The summed E-state index contributed by atoms with van der Waals surface area (Å²) in [5, 5.41) is 16.7. The van der Waals surface area contributed by atoms with Crippen molar-refractivity contribution in [2.75, 3.05) is 54.2 Å². The number of fused-ring (bicyclic) bond motifs is 1. The Morgan fingerprint density at radius 1 is 0.857 bits per heavy atom. The van der Waals surface area contributed by atoms with Crippen molar-refractivity contribution in [3.63, 3.8) is 0 Å². The van der Waals surface area contributed by atoms with Crippen LogP contribution in [0.4, 0.5) is 22.9 Å². The topological polar surface area (TPSA) is 137 Å². The van der Waals surface area contributed by atoms with Gasteiger partial charge in [-0.25, -0.2) is 22.7 Å². The van der Waals surface area contributed by atoms with Crippen molar-refractivity contribution in [2.24, 2.45) is 0 Å². The van der Waals surface area contributed by atoms with Crippen LogP contribution in [0.25, 0.3) is 22.0 Å². The Morgan fingerprint density at radius 2 is 1.62 bits per heavy atom. The minimum absolute atomic E-state index is 0.0325. The number of sulfonamides is 1. The fraction of sp³-hybridized carbons (Fsp3) is 0.220. The number of hydrogen-bond donors (Lipinski definition) is 2. The molecule has 15 heteroatoms. The van der Waals surface area contributed by atoms with Crippen molar-refractivity contribution in [3.05, 3.63) is 142 Å². The van der Waals surface area contributed by atoms with Gasteiger partial charge in [0, 0.05) is 78.9 Å². The molecule has 3 heterocycles. The molecule has 2 saturated heterocycles. The molecule has 2 fully saturated rings. The van der Waals surface area contributed by atoms with E-state index in [-0.39, 0.29) is 28.1 Å². The van der Waals surface area contributed by atoms with E-state index in [1.54, 1.807) is 11.9 Å². The smallest absolute Gasteiger partial charge is 0.293 e. The van der Waals surface area contributed by atoms with Crippen molar-refractivity contribution in [2.45, 2.75) is 28.8 Å². The summed E-state index contributed by atoms with van der Waals surface area (Å²) >= 11 is 7.78. The first-order chi connectivity index (χ1) is 27.2. The van der Waals surface area contributed by atoms with Gasteiger partial charge >= 0.3 is 0 Å². The predicted molar refractivity (Wildman–Crippen MR) is 224 cm³/mol. The van der Waals surface area contributed by atoms with Crippen LogP contribution in [0.2, 0.25) is 5.02 Å². The number of anilines is 3. The number of nitro benzene ring substituents is 1. The second-order valence-electron chi connectivity index (χ2n) is 13.8. The highest BCUT2D eigenvalue weighted by molar-refractivity contribution is 7.97. The van der Waals surface area contributed by atoms with Crippen LogP contribution in [0, 0.1) is 10.1 Å². The first-order valence-corrected chi connectivity index (χ1v) is 20.9. The van der Waals surface area contributed by atoms with Gasteiger partial charge in [0.2, 0.25) is 0 Å². The van der Waals surface area contributed by atoms with E-state index in [1.807, 2.05) is 60.7 Å². The van der Waals surface area contributed by atoms with Crippen LogP contribution in [0.15, 0.2) is 131 Å². The molecule has 5 aromatic carbocycles. The molecule has 2 aliphatic rings. The van der Waals surface area contributed by atoms with Gasteiger partial charge in [-0.1, -0.05) is 66.2 Å². The van der Waals surface area contributed by atoms with E-state index in [9.17, 15) is 18.5 Å². The third-order valence-corrected chi connectivity index (χ3v) is 12.8. The lowest BCUT2D eigenvalue weighted by Gasteiger charge is -2.36. The van der Waals surface area contributed by atoms with Crippen LogP contribution in [0.5, 0.6) is 0 Å². The Balaban J connectivity index is 0.917. The van der Waals surface area contributed by atoms with E-state index >= 15 is 0 Å². The number of aromatic nitrogens is 2. The highest BCUT2D eigenvalue weighted by Crippen LogP contribution is 2.34. The van der Waals surface area contributed by atoms with E-state index in [0.29, 0.717) is 22.5 Å². The molecule has 2 N–H and O–H groups in total. The lowest BCUT2D eigenvalue weighted by Crippen LogP contribution is -2.46. The molecule has 0 spiro atoms. The summed E-state index contributed by atoms with van der Waals surface area (Å²) in [5.41, 5.74) is 5.12. The van der Waals surface area contributed by atoms with Crippen LogP contribution in [-0.4, -0.2) is 77.8 Å². The minimum Gasteiger partial charge on any atom is -0.375 e. The molecule has 0 amide bonds. The Morgan fingerprint density at radius 3 is 2.41 bits per heavy atom. The molecule has 6 aromatic rings. The van der Waals surface area contributed by atoms with E-state index < -0.39 is 14.9 Å². The maximum atomic E-state index is 13.6. The molecule has 8 rings (SSSR count). The molecule has 2 aliphatic heterocycles. The third kappa shape index (κ3) is 8.59. The number of piperazine rings is 1. The SMILES string of the molecule is O=[N+]([O-])c1cc(S(=O)(=O)Nc2ncnc3cc(N4CCN(Cc5ccccc5-c5ccc(Cl)cc5)CC4)ccc23)ccc1NC1CCN(Sc2ccccc2)C1. The molecule has 286 valence electrons. The Hall–Kier alpha value is -5.25. The molecule has 1 aromatic heterocycles. The molecule has 0 aliphatic carbocycles. The fourth-order valence-electron chi connectivity index (χ4n) is 7.21. The molecular weight excluding hydrogens is 768 g/mol. The number of benzene rings is 5. The number of nitrogens with one attached hydrogen (secondary N) is 2. The zero-order chi connectivity index (χ0) is 38.6. The lowest BCUT2D eigenvalue weighted by atomic mass is 9.99. The van der Waals surface area contributed by atoms with Crippen LogP contribution < -0.4 is 14.9 Å². The zero-order valence-electron chi connectivity index (χ0n) is 30.3. The molecule has 1 unspecified atom stereocenters. The highest BCUT2D eigenvalue weighted by Gasteiger charge is 2.28. The first kappa shape index (κ1) is 37.7. The van der Waals surface area contributed by atoms with Crippen molar-refractivity contribution in [3.8, 4) is 11.1 Å².